The molecule has 32 heavy (non-hydrogen) atoms. The van der Waals surface area contributed by atoms with Gasteiger partial charge in [0.05, 0.1) is 17.8 Å². The Kier molecular flexibility index (Phi) is 5.81. The number of para-hydroxylation sites is 1. The van der Waals surface area contributed by atoms with Crippen LogP contribution in [-0.4, -0.2) is 11.8 Å². The molecule has 158 valence electrons. The van der Waals surface area contributed by atoms with Gasteiger partial charge in [-0.2, -0.15) is 5.26 Å². The molecule has 4 rings (SSSR count). The molecule has 1 heterocycles. The van der Waals surface area contributed by atoms with Crippen molar-refractivity contribution < 1.29 is 9.59 Å². The van der Waals surface area contributed by atoms with Crippen molar-refractivity contribution in [2.75, 3.05) is 10.2 Å². The first-order chi connectivity index (χ1) is 15.4. The number of amides is 2. The molecule has 0 radical (unpaired) electrons. The highest BCUT2D eigenvalue weighted by Crippen LogP contribution is 2.39. The van der Waals surface area contributed by atoms with Gasteiger partial charge in [0.25, 0.3) is 11.8 Å². The molecule has 0 fully saturated rings. The summed E-state index contributed by atoms with van der Waals surface area (Å²) in [7, 11) is 0. The van der Waals surface area contributed by atoms with Gasteiger partial charge >= 0.3 is 0 Å². The smallest absolute Gasteiger partial charge is 0.267 e. The number of anilines is 2. The van der Waals surface area contributed by atoms with E-state index in [1.807, 2.05) is 56.3 Å². The van der Waals surface area contributed by atoms with E-state index in [1.165, 1.54) is 0 Å². The number of nitriles is 1. The van der Waals surface area contributed by atoms with Gasteiger partial charge in [-0.1, -0.05) is 48.0 Å². The van der Waals surface area contributed by atoms with Crippen LogP contribution < -0.4 is 10.2 Å². The Balaban J connectivity index is 1.72. The first-order valence-electron chi connectivity index (χ1n) is 10.1. The van der Waals surface area contributed by atoms with Crippen LogP contribution in [0.2, 0.25) is 5.02 Å². The Bertz CT molecular complexity index is 1300. The van der Waals surface area contributed by atoms with Crippen LogP contribution in [0.25, 0.3) is 5.57 Å². The van der Waals surface area contributed by atoms with Gasteiger partial charge in [-0.05, 0) is 60.9 Å². The maximum atomic E-state index is 13.4. The summed E-state index contributed by atoms with van der Waals surface area (Å²) in [4.78, 5) is 28.0. The molecule has 2 amide bonds. The zero-order chi connectivity index (χ0) is 22.8. The Labute approximate surface area is 191 Å². The highest BCUT2D eigenvalue weighted by Gasteiger charge is 2.36. The third-order valence-corrected chi connectivity index (χ3v) is 5.78. The number of carbonyl (C=O) groups excluding carboxylic acids is 2. The fourth-order valence-electron chi connectivity index (χ4n) is 3.68. The summed E-state index contributed by atoms with van der Waals surface area (Å²) >= 11 is 5.97. The van der Waals surface area contributed by atoms with E-state index >= 15 is 0 Å². The van der Waals surface area contributed by atoms with E-state index in [9.17, 15) is 14.9 Å². The molecule has 0 bridgehead atoms. The SMILES string of the molecule is Cc1ccc(NC(=O)C(C#N)=C2C(=O)N(Cc3ccc(Cl)cc3)c3ccccc32)cc1C. The summed E-state index contributed by atoms with van der Waals surface area (Å²) in [5.74, 6) is -0.991. The number of aryl methyl sites for hydroxylation is 2. The first kappa shape index (κ1) is 21.4. The van der Waals surface area contributed by atoms with Crippen LogP contribution in [0.3, 0.4) is 0 Å². The maximum absolute atomic E-state index is 13.4. The van der Waals surface area contributed by atoms with E-state index in [1.54, 1.807) is 35.2 Å². The van der Waals surface area contributed by atoms with Crippen LogP contribution in [0.1, 0.15) is 22.3 Å². The minimum Gasteiger partial charge on any atom is -0.321 e. The molecule has 0 aliphatic carbocycles. The zero-order valence-electron chi connectivity index (χ0n) is 17.6. The van der Waals surface area contributed by atoms with Crippen molar-refractivity contribution in [2.24, 2.45) is 0 Å². The van der Waals surface area contributed by atoms with E-state index in [0.717, 1.165) is 16.7 Å². The van der Waals surface area contributed by atoms with Crippen molar-refractivity contribution in [1.82, 2.24) is 0 Å². The first-order valence-corrected chi connectivity index (χ1v) is 10.5. The van der Waals surface area contributed by atoms with Gasteiger partial charge in [0, 0.05) is 16.3 Å². The summed E-state index contributed by atoms with van der Waals surface area (Å²) < 4.78 is 0. The van der Waals surface area contributed by atoms with Crippen LogP contribution in [0.4, 0.5) is 11.4 Å². The molecule has 0 unspecified atom stereocenters. The van der Waals surface area contributed by atoms with Crippen LogP contribution in [0, 0.1) is 25.2 Å². The minimum absolute atomic E-state index is 0.110. The topological polar surface area (TPSA) is 73.2 Å². The second-order valence-electron chi connectivity index (χ2n) is 7.65. The predicted octanol–water partition coefficient (Wildman–Crippen LogP) is 5.42. The van der Waals surface area contributed by atoms with Gasteiger partial charge in [0.15, 0.2) is 0 Å². The van der Waals surface area contributed by atoms with Crippen LogP contribution in [-0.2, 0) is 16.1 Å². The number of fused-ring (bicyclic) bond motifs is 1. The molecule has 0 atom stereocenters. The Hall–Kier alpha value is -3.88. The number of hydrogen-bond donors (Lipinski definition) is 1. The molecule has 3 aromatic rings. The number of rotatable bonds is 4. The highest BCUT2D eigenvalue weighted by molar-refractivity contribution is 6.37. The predicted molar refractivity (Wildman–Crippen MR) is 126 cm³/mol. The Morgan fingerprint density at radius 3 is 2.44 bits per heavy atom. The lowest BCUT2D eigenvalue weighted by Crippen LogP contribution is -2.27. The largest absolute Gasteiger partial charge is 0.321 e. The normalized spacial score (nSPS) is 14.1. The van der Waals surface area contributed by atoms with Crippen LogP contribution >= 0.6 is 11.6 Å². The molecule has 0 spiro atoms. The van der Waals surface area contributed by atoms with Gasteiger partial charge in [0.2, 0.25) is 0 Å². The second kappa shape index (κ2) is 8.70. The summed E-state index contributed by atoms with van der Waals surface area (Å²) in [6, 6.07) is 21.9. The number of hydrogen-bond acceptors (Lipinski definition) is 3. The summed E-state index contributed by atoms with van der Waals surface area (Å²) in [5, 5.41) is 13.2. The van der Waals surface area contributed by atoms with Crippen molar-refractivity contribution >= 4 is 40.4 Å². The molecule has 1 aliphatic rings. The molecule has 0 saturated carbocycles. The Morgan fingerprint density at radius 2 is 1.75 bits per heavy atom. The molecule has 6 heteroatoms. The summed E-state index contributed by atoms with van der Waals surface area (Å²) in [6.45, 7) is 4.22. The van der Waals surface area contributed by atoms with Gasteiger partial charge in [-0.3, -0.25) is 9.59 Å². The third-order valence-electron chi connectivity index (χ3n) is 5.53. The average Bonchev–Trinajstić information content (AvgIpc) is 3.05. The van der Waals surface area contributed by atoms with Gasteiger partial charge in [-0.25, -0.2) is 0 Å². The van der Waals surface area contributed by atoms with Crippen molar-refractivity contribution in [3.05, 3.63) is 99.6 Å². The lowest BCUT2D eigenvalue weighted by molar-refractivity contribution is -0.114. The van der Waals surface area contributed by atoms with Crippen LogP contribution in [0.5, 0.6) is 0 Å². The molecule has 0 saturated heterocycles. The van der Waals surface area contributed by atoms with Crippen LogP contribution in [0.15, 0.2) is 72.3 Å². The summed E-state index contributed by atoms with van der Waals surface area (Å²) in [5.41, 5.74) is 4.70. The molecular formula is C26H20ClN3O2. The van der Waals surface area contributed by atoms with Gasteiger partial charge in [0.1, 0.15) is 11.6 Å². The van der Waals surface area contributed by atoms with E-state index in [2.05, 4.69) is 5.32 Å². The lowest BCUT2D eigenvalue weighted by Gasteiger charge is -2.17. The lowest BCUT2D eigenvalue weighted by atomic mass is 10.0. The monoisotopic (exact) mass is 441 g/mol. The highest BCUT2D eigenvalue weighted by atomic mass is 35.5. The van der Waals surface area contributed by atoms with E-state index < -0.39 is 5.91 Å². The van der Waals surface area contributed by atoms with E-state index in [4.69, 9.17) is 11.6 Å². The van der Waals surface area contributed by atoms with Crippen molar-refractivity contribution in [2.45, 2.75) is 20.4 Å². The van der Waals surface area contributed by atoms with E-state index in [-0.39, 0.29) is 17.1 Å². The fraction of sp³-hybridized carbons (Fsp3) is 0.115. The Morgan fingerprint density at radius 1 is 1.03 bits per heavy atom. The number of carbonyl (C=O) groups is 2. The average molecular weight is 442 g/mol. The zero-order valence-corrected chi connectivity index (χ0v) is 18.4. The quantitative estimate of drug-likeness (QED) is 0.434. The molecule has 1 aliphatic heterocycles. The number of nitrogens with one attached hydrogen (secondary N) is 1. The minimum atomic E-state index is -0.609. The molecule has 0 aromatic heterocycles. The second-order valence-corrected chi connectivity index (χ2v) is 8.09. The summed E-state index contributed by atoms with van der Waals surface area (Å²) in [6.07, 6.45) is 0. The van der Waals surface area contributed by atoms with Gasteiger partial charge in [-0.15, -0.1) is 0 Å². The molecule has 1 N–H and O–H groups in total. The van der Waals surface area contributed by atoms with Crippen molar-refractivity contribution in [1.29, 1.82) is 5.26 Å². The molecule has 3 aromatic carbocycles. The molecular weight excluding hydrogens is 422 g/mol. The molecule has 5 nitrogen and oxygen atoms in total. The number of halogens is 1. The van der Waals surface area contributed by atoms with Gasteiger partial charge < -0.3 is 10.2 Å². The maximum Gasteiger partial charge on any atom is 0.267 e. The van der Waals surface area contributed by atoms with Crippen molar-refractivity contribution in [3.63, 3.8) is 0 Å². The third kappa shape index (κ3) is 4.01. The number of nitrogens with zero attached hydrogens (tertiary/aromatic N) is 2. The fourth-order valence-corrected chi connectivity index (χ4v) is 3.81. The standard InChI is InChI=1S/C26H20ClN3O2/c1-16-7-12-20(13-17(16)2)29-25(31)22(14-28)24-21-5-3-4-6-23(21)30(26(24)32)15-18-8-10-19(27)11-9-18/h3-13H,15H2,1-2H3,(H,29,31). The van der Waals surface area contributed by atoms with Crippen molar-refractivity contribution in [3.8, 4) is 6.07 Å². The number of benzene rings is 3. The van der Waals surface area contributed by atoms with E-state index in [0.29, 0.717) is 28.5 Å².